The van der Waals surface area contributed by atoms with Gasteiger partial charge in [0.25, 0.3) is 0 Å². The monoisotopic (exact) mass is 303 g/mol. The minimum atomic E-state index is -4.96. The first-order valence-corrected chi connectivity index (χ1v) is 5.04. The highest BCUT2D eigenvalue weighted by molar-refractivity contribution is 5.85. The quantitative estimate of drug-likeness (QED) is 0.844. The molecule has 0 aliphatic heterocycles. The summed E-state index contributed by atoms with van der Waals surface area (Å²) in [5, 5.41) is 9.63. The molecule has 3 nitrogen and oxygen atoms in total. The van der Waals surface area contributed by atoms with Gasteiger partial charge in [-0.3, -0.25) is 0 Å². The molecule has 0 saturated heterocycles. The van der Waals surface area contributed by atoms with Gasteiger partial charge in [0, 0.05) is 0 Å². The zero-order valence-electron chi connectivity index (χ0n) is 10.2. The van der Waals surface area contributed by atoms with Crippen LogP contribution in [0.25, 0.3) is 0 Å². The summed E-state index contributed by atoms with van der Waals surface area (Å²) in [6, 6.07) is 1.88. The van der Waals surface area contributed by atoms with E-state index in [9.17, 15) is 22.7 Å². The van der Waals surface area contributed by atoms with Crippen molar-refractivity contribution < 1.29 is 27.4 Å². The van der Waals surface area contributed by atoms with Crippen LogP contribution in [0, 0.1) is 5.82 Å². The Morgan fingerprint density at radius 2 is 1.79 bits per heavy atom. The van der Waals surface area contributed by atoms with Gasteiger partial charge in [-0.2, -0.15) is 0 Å². The van der Waals surface area contributed by atoms with Crippen molar-refractivity contribution in [3.8, 4) is 5.75 Å². The molecule has 1 aromatic rings. The molecule has 0 aliphatic rings. The Kier molecular flexibility index (Phi) is 5.61. The first-order valence-electron chi connectivity index (χ1n) is 5.04. The topological polar surface area (TPSA) is 55.5 Å². The maximum atomic E-state index is 13.4. The molecule has 8 heteroatoms. The number of aliphatic hydroxyl groups is 1. The van der Waals surface area contributed by atoms with E-state index in [1.54, 1.807) is 0 Å². The molecular weight excluding hydrogens is 290 g/mol. The lowest BCUT2D eigenvalue weighted by atomic mass is 9.93. The van der Waals surface area contributed by atoms with Gasteiger partial charge in [0.05, 0.1) is 11.6 Å². The molecule has 0 saturated carbocycles. The van der Waals surface area contributed by atoms with E-state index in [4.69, 9.17) is 5.73 Å². The fraction of sp³-hybridized carbons (Fsp3) is 0.455. The predicted octanol–water partition coefficient (Wildman–Crippen LogP) is 2.92. The molecule has 3 N–H and O–H groups in total. The zero-order valence-corrected chi connectivity index (χ0v) is 11.0. The van der Waals surface area contributed by atoms with Gasteiger partial charge in [0.1, 0.15) is 0 Å². The van der Waals surface area contributed by atoms with Crippen LogP contribution in [-0.2, 0) is 0 Å². The minimum Gasteiger partial charge on any atom is -0.403 e. The minimum absolute atomic E-state index is 0. The highest BCUT2D eigenvalue weighted by Crippen LogP contribution is 2.29. The van der Waals surface area contributed by atoms with E-state index in [2.05, 4.69) is 4.74 Å². The molecule has 1 atom stereocenters. The molecule has 0 amide bonds. The standard InChI is InChI=1S/C11H13F4NO2.ClH/c1-10(2,17)9(16)6-3-4-8(7(12)5-6)18-11(13,14)15;/h3-5,9,17H,16H2,1-2H3;1H/t9-;/m0./s1. The number of hydrogen-bond acceptors (Lipinski definition) is 3. The number of alkyl halides is 3. The molecule has 0 bridgehead atoms. The molecule has 0 spiro atoms. The van der Waals surface area contributed by atoms with Crippen molar-refractivity contribution in [3.05, 3.63) is 29.6 Å². The SMILES string of the molecule is CC(C)(O)[C@@H](N)c1ccc(OC(F)(F)F)c(F)c1.Cl. The van der Waals surface area contributed by atoms with Crippen molar-refractivity contribution in [1.82, 2.24) is 0 Å². The summed E-state index contributed by atoms with van der Waals surface area (Å²) in [5.74, 6) is -2.13. The Morgan fingerprint density at radius 1 is 1.26 bits per heavy atom. The van der Waals surface area contributed by atoms with Crippen molar-refractivity contribution in [2.75, 3.05) is 0 Å². The van der Waals surface area contributed by atoms with Crippen LogP contribution in [-0.4, -0.2) is 17.1 Å². The number of halogens is 5. The lowest BCUT2D eigenvalue weighted by molar-refractivity contribution is -0.275. The van der Waals surface area contributed by atoms with Crippen LogP contribution in [0.5, 0.6) is 5.75 Å². The summed E-state index contributed by atoms with van der Waals surface area (Å²) >= 11 is 0. The van der Waals surface area contributed by atoms with Gasteiger partial charge in [0.15, 0.2) is 11.6 Å². The highest BCUT2D eigenvalue weighted by atomic mass is 35.5. The van der Waals surface area contributed by atoms with E-state index >= 15 is 0 Å². The van der Waals surface area contributed by atoms with Crippen LogP contribution >= 0.6 is 12.4 Å². The number of hydrogen-bond donors (Lipinski definition) is 2. The Labute approximate surface area is 113 Å². The van der Waals surface area contributed by atoms with Gasteiger partial charge in [-0.15, -0.1) is 25.6 Å². The molecule has 0 aromatic heterocycles. The van der Waals surface area contributed by atoms with Crippen LogP contribution in [0.3, 0.4) is 0 Å². The van der Waals surface area contributed by atoms with Crippen LogP contribution < -0.4 is 10.5 Å². The normalized spacial score (nSPS) is 13.7. The van der Waals surface area contributed by atoms with Crippen molar-refractivity contribution in [3.63, 3.8) is 0 Å². The summed E-state index contributed by atoms with van der Waals surface area (Å²) in [7, 11) is 0. The predicted molar refractivity (Wildman–Crippen MR) is 63.6 cm³/mol. The molecule has 110 valence electrons. The fourth-order valence-electron chi connectivity index (χ4n) is 1.33. The molecule has 1 rings (SSSR count). The average Bonchev–Trinajstić information content (AvgIpc) is 2.16. The number of nitrogens with two attached hydrogens (primary N) is 1. The van der Waals surface area contributed by atoms with Crippen LogP contribution in [0.4, 0.5) is 17.6 Å². The number of ether oxygens (including phenoxy) is 1. The average molecular weight is 304 g/mol. The highest BCUT2D eigenvalue weighted by Gasteiger charge is 2.33. The third-order valence-electron chi connectivity index (χ3n) is 2.30. The third kappa shape index (κ3) is 5.22. The van der Waals surface area contributed by atoms with E-state index < -0.39 is 29.6 Å². The van der Waals surface area contributed by atoms with Crippen LogP contribution in [0.15, 0.2) is 18.2 Å². The first-order chi connectivity index (χ1) is 8.00. The van der Waals surface area contributed by atoms with E-state index in [-0.39, 0.29) is 18.0 Å². The van der Waals surface area contributed by atoms with Gasteiger partial charge in [-0.1, -0.05) is 6.07 Å². The largest absolute Gasteiger partial charge is 0.573 e. The molecule has 0 heterocycles. The Hall–Kier alpha value is -1.05. The summed E-state index contributed by atoms with van der Waals surface area (Å²) in [4.78, 5) is 0. The third-order valence-corrected chi connectivity index (χ3v) is 2.30. The van der Waals surface area contributed by atoms with E-state index in [1.165, 1.54) is 19.9 Å². The summed E-state index contributed by atoms with van der Waals surface area (Å²) in [5.41, 5.74) is 4.49. The van der Waals surface area contributed by atoms with Crippen molar-refractivity contribution in [2.24, 2.45) is 5.73 Å². The van der Waals surface area contributed by atoms with Gasteiger partial charge in [0.2, 0.25) is 0 Å². The van der Waals surface area contributed by atoms with Gasteiger partial charge < -0.3 is 15.6 Å². The van der Waals surface area contributed by atoms with Gasteiger partial charge in [-0.05, 0) is 31.5 Å². The molecule has 1 aromatic carbocycles. The molecular formula is C11H14ClF4NO2. The van der Waals surface area contributed by atoms with Crippen molar-refractivity contribution in [2.45, 2.75) is 31.9 Å². The second-order valence-corrected chi connectivity index (χ2v) is 4.37. The van der Waals surface area contributed by atoms with E-state index in [0.29, 0.717) is 0 Å². The number of rotatable bonds is 3. The second kappa shape index (κ2) is 5.94. The Balaban J connectivity index is 0.00000324. The maximum absolute atomic E-state index is 13.4. The number of benzene rings is 1. The van der Waals surface area contributed by atoms with Crippen molar-refractivity contribution in [1.29, 1.82) is 0 Å². The molecule has 19 heavy (non-hydrogen) atoms. The Morgan fingerprint density at radius 3 is 2.16 bits per heavy atom. The van der Waals surface area contributed by atoms with Crippen LogP contribution in [0.2, 0.25) is 0 Å². The second-order valence-electron chi connectivity index (χ2n) is 4.37. The smallest absolute Gasteiger partial charge is 0.403 e. The summed E-state index contributed by atoms with van der Waals surface area (Å²) in [6.45, 7) is 2.82. The van der Waals surface area contributed by atoms with Gasteiger partial charge in [-0.25, -0.2) is 4.39 Å². The summed E-state index contributed by atoms with van der Waals surface area (Å²) in [6.07, 6.45) is -4.96. The summed E-state index contributed by atoms with van der Waals surface area (Å²) < 4.78 is 52.6. The maximum Gasteiger partial charge on any atom is 0.573 e. The lowest BCUT2D eigenvalue weighted by Crippen LogP contribution is -2.35. The van der Waals surface area contributed by atoms with E-state index in [0.717, 1.165) is 12.1 Å². The zero-order chi connectivity index (χ0) is 14.1. The fourth-order valence-corrected chi connectivity index (χ4v) is 1.33. The van der Waals surface area contributed by atoms with Crippen molar-refractivity contribution >= 4 is 12.4 Å². The first kappa shape index (κ1) is 17.9. The van der Waals surface area contributed by atoms with Crippen LogP contribution in [0.1, 0.15) is 25.5 Å². The Bertz CT molecular complexity index is 432. The molecule has 0 radical (unpaired) electrons. The lowest BCUT2D eigenvalue weighted by Gasteiger charge is -2.26. The van der Waals surface area contributed by atoms with Gasteiger partial charge >= 0.3 is 6.36 Å². The molecule has 0 unspecified atom stereocenters. The molecule has 0 aliphatic carbocycles. The molecule has 0 fully saturated rings. The van der Waals surface area contributed by atoms with E-state index in [1.807, 2.05) is 0 Å².